The van der Waals surface area contributed by atoms with Gasteiger partial charge in [0, 0.05) is 29.1 Å². The molecule has 0 bridgehead atoms. The molecule has 1 atom stereocenters. The van der Waals surface area contributed by atoms with Crippen molar-refractivity contribution in [1.82, 2.24) is 4.98 Å². The van der Waals surface area contributed by atoms with E-state index in [0.29, 0.717) is 29.6 Å². The number of carbonyl (C=O) groups excluding carboxylic acids is 1. The van der Waals surface area contributed by atoms with Crippen molar-refractivity contribution in [2.75, 3.05) is 17.7 Å². The lowest BCUT2D eigenvalue weighted by atomic mass is 10.1. The second-order valence-corrected chi connectivity index (χ2v) is 8.78. The molecule has 10 heteroatoms. The number of furan rings is 1. The summed E-state index contributed by atoms with van der Waals surface area (Å²) in [5, 5.41) is 6.60. The number of rotatable bonds is 8. The minimum absolute atomic E-state index is 0. The van der Waals surface area contributed by atoms with E-state index in [4.69, 9.17) is 26.5 Å². The molecule has 4 N–H and O–H groups in total. The summed E-state index contributed by atoms with van der Waals surface area (Å²) in [6, 6.07) is 12.0. The van der Waals surface area contributed by atoms with Gasteiger partial charge in [0.15, 0.2) is 0 Å². The zero-order valence-electron chi connectivity index (χ0n) is 18.1. The van der Waals surface area contributed by atoms with Crippen molar-refractivity contribution in [3.05, 3.63) is 70.1 Å². The highest BCUT2D eigenvalue weighted by molar-refractivity contribution is 7.19. The molecule has 3 heterocycles. The Hall–Kier alpha value is -2.78. The van der Waals surface area contributed by atoms with E-state index in [1.54, 1.807) is 42.9 Å². The molecule has 0 unspecified atom stereocenters. The Labute approximate surface area is 206 Å². The summed E-state index contributed by atoms with van der Waals surface area (Å²) < 4.78 is 11.6. The van der Waals surface area contributed by atoms with Crippen LogP contribution in [0.4, 0.5) is 11.4 Å². The summed E-state index contributed by atoms with van der Waals surface area (Å²) in [6.45, 7) is 2.50. The Morgan fingerprint density at radius 1 is 1.30 bits per heavy atom. The number of ether oxygens (including phenoxy) is 1. The lowest BCUT2D eigenvalue weighted by Crippen LogP contribution is -2.37. The van der Waals surface area contributed by atoms with Gasteiger partial charge in [0.1, 0.15) is 16.7 Å². The normalized spacial score (nSPS) is 11.6. The number of anilines is 2. The molecule has 0 spiro atoms. The number of aryl methyl sites for hydroxylation is 1. The molecule has 33 heavy (non-hydrogen) atoms. The van der Waals surface area contributed by atoms with Gasteiger partial charge in [-0.3, -0.25) is 4.79 Å². The smallest absolute Gasteiger partial charge is 0.241 e. The highest BCUT2D eigenvalue weighted by atomic mass is 35.5. The van der Waals surface area contributed by atoms with Crippen molar-refractivity contribution in [3.63, 3.8) is 0 Å². The Bertz CT molecular complexity index is 1240. The summed E-state index contributed by atoms with van der Waals surface area (Å²) in [5.41, 5.74) is 9.51. The molecule has 4 rings (SSSR count). The largest absolute Gasteiger partial charge is 0.497 e. The molecule has 0 saturated heterocycles. The number of hydrogen-bond acceptors (Lipinski definition) is 7. The number of fused-ring (bicyclic) bond motifs is 1. The molecule has 0 saturated carbocycles. The number of nitrogens with one attached hydrogen (secondary N) is 2. The van der Waals surface area contributed by atoms with E-state index in [-0.39, 0.29) is 18.3 Å². The van der Waals surface area contributed by atoms with Crippen molar-refractivity contribution >= 4 is 62.8 Å². The number of benzene rings is 1. The molecular weight excluding hydrogens is 483 g/mol. The van der Waals surface area contributed by atoms with Gasteiger partial charge < -0.3 is 25.5 Å². The number of methoxy groups -OCH3 is 1. The van der Waals surface area contributed by atoms with Crippen molar-refractivity contribution < 1.29 is 13.9 Å². The predicted octanol–water partition coefficient (Wildman–Crippen LogP) is 5.40. The Kier molecular flexibility index (Phi) is 8.20. The van der Waals surface area contributed by atoms with E-state index in [1.165, 1.54) is 0 Å². The fraction of sp³-hybridized carbons (Fsp3) is 0.217. The van der Waals surface area contributed by atoms with Gasteiger partial charge >= 0.3 is 0 Å². The molecule has 3 aromatic heterocycles. The summed E-state index contributed by atoms with van der Waals surface area (Å²) in [4.78, 5) is 18.2. The molecule has 4 aromatic rings. The van der Waals surface area contributed by atoms with Gasteiger partial charge in [0.2, 0.25) is 5.91 Å². The number of pyridine rings is 1. The summed E-state index contributed by atoms with van der Waals surface area (Å²) in [5.74, 6) is 1.21. The average molecular weight is 507 g/mol. The van der Waals surface area contributed by atoms with Crippen LogP contribution in [0.1, 0.15) is 16.2 Å². The highest BCUT2D eigenvalue weighted by Gasteiger charge is 2.20. The number of nitrogens with zero attached hydrogens (tertiary/aromatic N) is 1. The van der Waals surface area contributed by atoms with Gasteiger partial charge in [-0.05, 0) is 36.8 Å². The average Bonchev–Trinajstić information content (AvgIpc) is 3.41. The minimum atomic E-state index is -0.719. The Morgan fingerprint density at radius 3 is 2.85 bits per heavy atom. The Morgan fingerprint density at radius 2 is 2.12 bits per heavy atom. The van der Waals surface area contributed by atoms with E-state index in [0.717, 1.165) is 32.1 Å². The topological polar surface area (TPSA) is 102 Å². The van der Waals surface area contributed by atoms with Crippen LogP contribution < -0.4 is 21.1 Å². The van der Waals surface area contributed by atoms with Crippen LogP contribution in [0.25, 0.3) is 10.2 Å². The quantitative estimate of drug-likeness (QED) is 0.276. The fourth-order valence-corrected chi connectivity index (χ4v) is 4.83. The van der Waals surface area contributed by atoms with Crippen LogP contribution in [0.5, 0.6) is 5.75 Å². The van der Waals surface area contributed by atoms with E-state index >= 15 is 0 Å². The van der Waals surface area contributed by atoms with Crippen molar-refractivity contribution in [1.29, 1.82) is 0 Å². The van der Waals surface area contributed by atoms with Crippen LogP contribution in [0, 0.1) is 6.92 Å². The summed E-state index contributed by atoms with van der Waals surface area (Å²) in [7, 11) is 1.58. The number of carbonyl (C=O) groups is 1. The first-order valence-corrected chi connectivity index (χ1v) is 11.2. The first-order valence-electron chi connectivity index (χ1n) is 10.00. The number of aromatic nitrogens is 1. The molecule has 7 nitrogen and oxygen atoms in total. The number of halogens is 2. The van der Waals surface area contributed by atoms with E-state index < -0.39 is 6.04 Å². The third kappa shape index (κ3) is 5.78. The molecule has 0 radical (unpaired) electrons. The maximum Gasteiger partial charge on any atom is 0.241 e. The summed E-state index contributed by atoms with van der Waals surface area (Å²) >= 11 is 7.83. The van der Waals surface area contributed by atoms with Crippen molar-refractivity contribution in [2.24, 2.45) is 5.73 Å². The van der Waals surface area contributed by atoms with Crippen LogP contribution in [0.2, 0.25) is 5.15 Å². The highest BCUT2D eigenvalue weighted by Crippen LogP contribution is 2.37. The monoisotopic (exact) mass is 506 g/mol. The van der Waals surface area contributed by atoms with Crippen LogP contribution in [-0.4, -0.2) is 24.0 Å². The van der Waals surface area contributed by atoms with Crippen LogP contribution in [0.15, 0.2) is 53.1 Å². The third-order valence-electron chi connectivity index (χ3n) is 5.05. The molecular formula is C23H24Cl2N4O3S. The van der Waals surface area contributed by atoms with Crippen molar-refractivity contribution in [3.8, 4) is 5.75 Å². The zero-order chi connectivity index (χ0) is 22.7. The second-order valence-electron chi connectivity index (χ2n) is 7.29. The van der Waals surface area contributed by atoms with Gasteiger partial charge in [-0.1, -0.05) is 17.7 Å². The fourth-order valence-electron chi connectivity index (χ4n) is 3.34. The molecule has 0 aliphatic heterocycles. The van der Waals surface area contributed by atoms with E-state index in [2.05, 4.69) is 15.6 Å². The first kappa shape index (κ1) is 24.9. The molecule has 0 fully saturated rings. The van der Waals surface area contributed by atoms with Gasteiger partial charge in [-0.2, -0.15) is 0 Å². The van der Waals surface area contributed by atoms with Crippen LogP contribution in [0.3, 0.4) is 0 Å². The number of hydrogen-bond donors (Lipinski definition) is 3. The molecule has 0 aliphatic carbocycles. The van der Waals surface area contributed by atoms with Gasteiger partial charge in [0.25, 0.3) is 0 Å². The van der Waals surface area contributed by atoms with Gasteiger partial charge in [-0.25, -0.2) is 4.98 Å². The number of amides is 1. The predicted molar refractivity (Wildman–Crippen MR) is 136 cm³/mol. The molecule has 0 aliphatic rings. The maximum absolute atomic E-state index is 12.7. The lowest BCUT2D eigenvalue weighted by molar-refractivity contribution is -0.117. The van der Waals surface area contributed by atoms with E-state index in [9.17, 15) is 4.79 Å². The Balaban J connectivity index is 0.00000306. The third-order valence-corrected chi connectivity index (χ3v) is 6.58. The molecule has 1 amide bonds. The SMILES string of the molecule is COc1cccc(NC(=O)[C@H](N)Cc2sc3c(NCc4ccco4)cc(Cl)nc3c2C)c1.Cl. The second kappa shape index (κ2) is 10.9. The van der Waals surface area contributed by atoms with Crippen LogP contribution >= 0.6 is 35.3 Å². The summed E-state index contributed by atoms with van der Waals surface area (Å²) in [6.07, 6.45) is 2.02. The standard InChI is InChI=1S/C23H23ClN4O3S.ClH/c1-13-19(10-17(25)23(29)27-14-5-3-6-15(9-14)30-2)32-22-18(11-20(24)28-21(13)22)26-12-16-7-4-8-31-16;/h3-9,11,17H,10,12,25H2,1-2H3,(H,26,28)(H,27,29);1H/t17-;/m1./s1. The van der Waals surface area contributed by atoms with Crippen LogP contribution in [-0.2, 0) is 17.8 Å². The number of thiophene rings is 1. The minimum Gasteiger partial charge on any atom is -0.497 e. The first-order chi connectivity index (χ1) is 15.4. The molecule has 1 aromatic carbocycles. The van der Waals surface area contributed by atoms with Crippen molar-refractivity contribution in [2.45, 2.75) is 25.9 Å². The lowest BCUT2D eigenvalue weighted by Gasteiger charge is -2.12. The number of nitrogens with two attached hydrogens (primary N) is 1. The maximum atomic E-state index is 12.7. The van der Waals surface area contributed by atoms with Gasteiger partial charge in [0.05, 0.1) is 41.9 Å². The zero-order valence-corrected chi connectivity index (χ0v) is 20.4. The van der Waals surface area contributed by atoms with E-state index in [1.807, 2.05) is 31.2 Å². The van der Waals surface area contributed by atoms with Gasteiger partial charge in [-0.15, -0.1) is 23.7 Å². The molecule has 174 valence electrons.